The molecule has 0 amide bonds. The van der Waals surface area contributed by atoms with E-state index in [1.54, 1.807) is 6.07 Å². The van der Waals surface area contributed by atoms with Gasteiger partial charge in [0.25, 0.3) is 5.79 Å². The molecule has 0 aromatic heterocycles. The molecule has 2 rings (SSSR count). The molecule has 13 heavy (non-hydrogen) atoms. The lowest BCUT2D eigenvalue weighted by atomic mass is 10.1. The molecule has 0 unspecified atom stereocenters. The van der Waals surface area contributed by atoms with Crippen molar-refractivity contribution in [3.05, 3.63) is 29.8 Å². The maximum atomic E-state index is 5.29. The number of hydrogen-bond donors (Lipinski definition) is 0. The first-order chi connectivity index (χ1) is 6.32. The van der Waals surface area contributed by atoms with Crippen LogP contribution in [0.25, 0.3) is 0 Å². The highest BCUT2D eigenvalue weighted by Gasteiger charge is 2.39. The summed E-state index contributed by atoms with van der Waals surface area (Å²) in [4.78, 5) is 4.05. The van der Waals surface area contributed by atoms with Crippen molar-refractivity contribution in [2.24, 2.45) is 4.99 Å². The van der Waals surface area contributed by atoms with Crippen molar-refractivity contribution in [1.82, 2.24) is 0 Å². The maximum absolute atomic E-state index is 5.29. The first-order valence-electron chi connectivity index (χ1n) is 3.56. The van der Waals surface area contributed by atoms with Gasteiger partial charge in [-0.25, -0.2) is 8.58 Å². The number of fused-ring (bicyclic) bond motifs is 1. The van der Waals surface area contributed by atoms with Gasteiger partial charge in [0.15, 0.2) is 0 Å². The average Bonchev–Trinajstić information content (AvgIpc) is 2.58. The number of para-hydroxylation sites is 1. The summed E-state index contributed by atoms with van der Waals surface area (Å²) in [7, 11) is 0. The molecule has 1 aliphatic heterocycles. The van der Waals surface area contributed by atoms with Crippen molar-refractivity contribution in [2.75, 3.05) is 0 Å². The van der Waals surface area contributed by atoms with Crippen LogP contribution in [0.4, 0.5) is 5.69 Å². The van der Waals surface area contributed by atoms with Gasteiger partial charge in [-0.2, -0.15) is 0 Å². The molecule has 0 atom stereocenters. The van der Waals surface area contributed by atoms with Gasteiger partial charge in [0.1, 0.15) is 0 Å². The number of hydrogen-bond acceptors (Lipinski definition) is 3. The second-order valence-electron chi connectivity index (χ2n) is 2.60. The minimum absolute atomic E-state index is 0.694. The second-order valence-corrected chi connectivity index (χ2v) is 2.91. The Kier molecular flexibility index (Phi) is 2.26. The maximum Gasteiger partial charge on any atom is 0.270 e. The second kappa shape index (κ2) is 3.27. The predicted octanol–water partition coefficient (Wildman–Crippen LogP) is 2.90. The monoisotopic (exact) mass is 217 g/mol. The zero-order valence-corrected chi connectivity index (χ0v) is 7.92. The Morgan fingerprint density at radius 2 is 1.85 bits per heavy atom. The standard InChI is InChI=1S/C8H5Cl2NO2/c9-12-8(13-10)5-11-7-4-2-1-3-6(7)8/h1-5H. The molecule has 3 nitrogen and oxygen atoms in total. The number of halogens is 2. The smallest absolute Gasteiger partial charge is 0.255 e. The normalized spacial score (nSPS) is 17.4. The van der Waals surface area contributed by atoms with Crippen LogP contribution in [0.3, 0.4) is 0 Å². The van der Waals surface area contributed by atoms with Crippen molar-refractivity contribution in [3.8, 4) is 0 Å². The number of nitrogens with zero attached hydrogens (tertiary/aromatic N) is 1. The van der Waals surface area contributed by atoms with Crippen LogP contribution in [-0.4, -0.2) is 6.21 Å². The SMILES string of the molecule is ClOC1(OCl)C=Nc2ccccc21. The largest absolute Gasteiger partial charge is 0.270 e. The van der Waals surface area contributed by atoms with Crippen LogP contribution in [0.15, 0.2) is 29.3 Å². The van der Waals surface area contributed by atoms with Gasteiger partial charge >= 0.3 is 0 Å². The highest BCUT2D eigenvalue weighted by Crippen LogP contribution is 2.39. The van der Waals surface area contributed by atoms with Crippen LogP contribution in [-0.2, 0) is 14.4 Å². The van der Waals surface area contributed by atoms with Crippen LogP contribution in [0, 0.1) is 0 Å². The summed E-state index contributed by atoms with van der Waals surface area (Å²) in [6, 6.07) is 7.29. The molecular weight excluding hydrogens is 213 g/mol. The average molecular weight is 218 g/mol. The molecule has 0 saturated heterocycles. The fourth-order valence-corrected chi connectivity index (χ4v) is 1.58. The summed E-state index contributed by atoms with van der Waals surface area (Å²) in [5.74, 6) is -1.25. The Hall–Kier alpha value is -0.610. The molecule has 0 fully saturated rings. The molecule has 0 aliphatic carbocycles. The Balaban J connectivity index is 2.53. The topological polar surface area (TPSA) is 30.8 Å². The molecule has 68 valence electrons. The summed E-state index contributed by atoms with van der Waals surface area (Å²) >= 11 is 10.6. The summed E-state index contributed by atoms with van der Waals surface area (Å²) in [5.41, 5.74) is 1.43. The van der Waals surface area contributed by atoms with Gasteiger partial charge < -0.3 is 0 Å². The van der Waals surface area contributed by atoms with Crippen molar-refractivity contribution >= 4 is 35.6 Å². The molecule has 1 aliphatic rings. The van der Waals surface area contributed by atoms with E-state index >= 15 is 0 Å². The van der Waals surface area contributed by atoms with E-state index in [1.165, 1.54) is 6.21 Å². The van der Waals surface area contributed by atoms with Gasteiger partial charge in [-0.05, 0) is 6.07 Å². The van der Waals surface area contributed by atoms with Gasteiger partial charge in [-0.15, -0.1) is 0 Å². The number of aliphatic imine (C=N–C) groups is 1. The van der Waals surface area contributed by atoms with E-state index in [9.17, 15) is 0 Å². The third-order valence-electron chi connectivity index (χ3n) is 1.88. The van der Waals surface area contributed by atoms with Crippen LogP contribution in [0.2, 0.25) is 0 Å². The molecule has 5 heteroatoms. The molecule has 0 spiro atoms. The molecule has 1 aromatic rings. The van der Waals surface area contributed by atoms with E-state index in [4.69, 9.17) is 23.7 Å². The highest BCUT2D eigenvalue weighted by molar-refractivity contribution is 6.11. The minimum Gasteiger partial charge on any atom is -0.255 e. The van der Waals surface area contributed by atoms with E-state index in [-0.39, 0.29) is 0 Å². The highest BCUT2D eigenvalue weighted by atomic mass is 35.5. The summed E-state index contributed by atoms with van der Waals surface area (Å²) in [6.45, 7) is 0. The van der Waals surface area contributed by atoms with Gasteiger partial charge in [0.05, 0.1) is 35.6 Å². The van der Waals surface area contributed by atoms with E-state index in [0.29, 0.717) is 5.56 Å². The Labute approximate surface area is 85.2 Å². The quantitative estimate of drug-likeness (QED) is 0.714. The van der Waals surface area contributed by atoms with Crippen LogP contribution in [0.1, 0.15) is 5.56 Å². The lowest BCUT2D eigenvalue weighted by Crippen LogP contribution is -2.26. The van der Waals surface area contributed by atoms with Gasteiger partial charge in [0, 0.05) is 5.56 Å². The number of rotatable bonds is 2. The first kappa shape index (κ1) is 8.97. The van der Waals surface area contributed by atoms with Crippen molar-refractivity contribution < 1.29 is 8.58 Å². The van der Waals surface area contributed by atoms with E-state index in [0.717, 1.165) is 5.69 Å². The lowest BCUT2D eigenvalue weighted by Gasteiger charge is -2.18. The molecule has 1 aromatic carbocycles. The van der Waals surface area contributed by atoms with Crippen LogP contribution < -0.4 is 0 Å². The Bertz CT molecular complexity index is 350. The van der Waals surface area contributed by atoms with Gasteiger partial charge in [-0.3, -0.25) is 4.99 Å². The third kappa shape index (κ3) is 1.25. The molecule has 0 bridgehead atoms. The molecule has 0 N–H and O–H groups in total. The summed E-state index contributed by atoms with van der Waals surface area (Å²) in [6.07, 6.45) is 1.41. The van der Waals surface area contributed by atoms with Crippen LogP contribution >= 0.6 is 23.7 Å². The third-order valence-corrected chi connectivity index (χ3v) is 2.34. The molecule has 0 radical (unpaired) electrons. The zero-order chi connectivity index (χ0) is 9.31. The molecule has 0 saturated carbocycles. The Morgan fingerprint density at radius 3 is 2.54 bits per heavy atom. The van der Waals surface area contributed by atoms with E-state index in [2.05, 4.69) is 13.6 Å². The van der Waals surface area contributed by atoms with E-state index in [1.807, 2.05) is 18.2 Å². The lowest BCUT2D eigenvalue weighted by molar-refractivity contribution is -0.0371. The molecule has 1 heterocycles. The summed E-state index contributed by atoms with van der Waals surface area (Å²) in [5, 5.41) is 0. The fraction of sp³-hybridized carbons (Fsp3) is 0.125. The Morgan fingerprint density at radius 1 is 1.15 bits per heavy atom. The first-order valence-corrected chi connectivity index (χ1v) is 4.18. The van der Waals surface area contributed by atoms with Crippen molar-refractivity contribution in [1.29, 1.82) is 0 Å². The van der Waals surface area contributed by atoms with Gasteiger partial charge in [0.2, 0.25) is 0 Å². The van der Waals surface area contributed by atoms with Crippen molar-refractivity contribution in [3.63, 3.8) is 0 Å². The predicted molar refractivity (Wildman–Crippen MR) is 50.1 cm³/mol. The van der Waals surface area contributed by atoms with Crippen molar-refractivity contribution in [2.45, 2.75) is 5.79 Å². The van der Waals surface area contributed by atoms with Crippen LogP contribution in [0.5, 0.6) is 0 Å². The van der Waals surface area contributed by atoms with Gasteiger partial charge in [-0.1, -0.05) is 18.2 Å². The number of benzene rings is 1. The fourth-order valence-electron chi connectivity index (χ4n) is 1.24. The molecular formula is C8H5Cl2NO2. The minimum atomic E-state index is -1.25. The zero-order valence-electron chi connectivity index (χ0n) is 6.41. The summed E-state index contributed by atoms with van der Waals surface area (Å²) < 4.78 is 9.29. The van der Waals surface area contributed by atoms with E-state index < -0.39 is 5.79 Å².